The van der Waals surface area contributed by atoms with E-state index in [4.69, 9.17) is 14.0 Å². The fraction of sp³-hybridized carbons (Fsp3) is 0.733. The van der Waals surface area contributed by atoms with Gasteiger partial charge >= 0.3 is 0 Å². The Morgan fingerprint density at radius 1 is 1.48 bits per heavy atom. The first-order valence-corrected chi connectivity index (χ1v) is 7.60. The highest BCUT2D eigenvalue weighted by molar-refractivity contribution is 5.91. The predicted molar refractivity (Wildman–Crippen MR) is 74.8 cm³/mol. The molecule has 1 saturated carbocycles. The number of aryl methyl sites for hydroxylation is 1. The molecule has 6 heteroatoms. The quantitative estimate of drug-likeness (QED) is 0.923. The van der Waals surface area contributed by atoms with Crippen molar-refractivity contribution in [2.45, 2.75) is 51.4 Å². The Hall–Kier alpha value is -1.40. The number of amides is 1. The van der Waals surface area contributed by atoms with E-state index in [1.165, 1.54) is 0 Å². The van der Waals surface area contributed by atoms with E-state index in [9.17, 15) is 4.79 Å². The SMILES string of the molecule is Cc1cc(C(=O)NC[C@H]2COC3(CCC(C)CC3)O2)on1. The highest BCUT2D eigenvalue weighted by Gasteiger charge is 2.43. The van der Waals surface area contributed by atoms with Gasteiger partial charge in [-0.15, -0.1) is 0 Å². The van der Waals surface area contributed by atoms with Crippen LogP contribution in [0.25, 0.3) is 0 Å². The van der Waals surface area contributed by atoms with Crippen LogP contribution in [0.2, 0.25) is 0 Å². The molecule has 0 aromatic carbocycles. The summed E-state index contributed by atoms with van der Waals surface area (Å²) in [6, 6.07) is 1.62. The molecular formula is C15H22N2O4. The zero-order chi connectivity index (χ0) is 14.9. The van der Waals surface area contributed by atoms with Crippen molar-refractivity contribution in [3.05, 3.63) is 17.5 Å². The maximum Gasteiger partial charge on any atom is 0.289 e. The first-order valence-electron chi connectivity index (χ1n) is 7.60. The van der Waals surface area contributed by atoms with Crippen LogP contribution >= 0.6 is 0 Å². The second-order valence-corrected chi connectivity index (χ2v) is 6.19. The van der Waals surface area contributed by atoms with Gasteiger partial charge in [-0.2, -0.15) is 0 Å². The van der Waals surface area contributed by atoms with Gasteiger partial charge in [0.05, 0.1) is 12.3 Å². The molecular weight excluding hydrogens is 272 g/mol. The summed E-state index contributed by atoms with van der Waals surface area (Å²) >= 11 is 0. The number of aromatic nitrogens is 1. The number of rotatable bonds is 3. The van der Waals surface area contributed by atoms with E-state index in [0.717, 1.165) is 31.6 Å². The Morgan fingerprint density at radius 3 is 2.90 bits per heavy atom. The van der Waals surface area contributed by atoms with Crippen LogP contribution < -0.4 is 5.32 Å². The standard InChI is InChI=1S/C15H22N2O4/c1-10-3-5-15(6-4-10)19-9-12(20-15)8-16-14(18)13-7-11(2)17-21-13/h7,10,12H,3-6,8-9H2,1-2H3,(H,16,18)/t10?,12-,15?/m0/s1. The molecule has 0 bridgehead atoms. The first kappa shape index (κ1) is 14.5. The van der Waals surface area contributed by atoms with Crippen molar-refractivity contribution < 1.29 is 18.8 Å². The second-order valence-electron chi connectivity index (χ2n) is 6.19. The van der Waals surface area contributed by atoms with Crippen LogP contribution in [0.3, 0.4) is 0 Å². The fourth-order valence-electron chi connectivity index (χ4n) is 2.95. The molecule has 1 aromatic heterocycles. The summed E-state index contributed by atoms with van der Waals surface area (Å²) in [6.07, 6.45) is 4.07. The van der Waals surface area contributed by atoms with Crippen molar-refractivity contribution in [1.29, 1.82) is 0 Å². The summed E-state index contributed by atoms with van der Waals surface area (Å²) in [5.74, 6) is 0.298. The van der Waals surface area contributed by atoms with Crippen LogP contribution in [0.4, 0.5) is 0 Å². The summed E-state index contributed by atoms with van der Waals surface area (Å²) in [5, 5.41) is 6.51. The Bertz CT molecular complexity index is 506. The molecule has 2 aliphatic rings. The lowest BCUT2D eigenvalue weighted by atomic mass is 9.86. The van der Waals surface area contributed by atoms with Gasteiger partial charge in [0.2, 0.25) is 5.76 Å². The average Bonchev–Trinajstić information content (AvgIpc) is 3.07. The van der Waals surface area contributed by atoms with Crippen molar-refractivity contribution in [2.75, 3.05) is 13.2 Å². The Kier molecular flexibility index (Phi) is 3.99. The van der Waals surface area contributed by atoms with Crippen molar-refractivity contribution >= 4 is 5.91 Å². The lowest BCUT2D eigenvalue weighted by Gasteiger charge is -2.34. The average molecular weight is 294 g/mol. The molecule has 2 fully saturated rings. The zero-order valence-electron chi connectivity index (χ0n) is 12.6. The van der Waals surface area contributed by atoms with Crippen LogP contribution in [0.5, 0.6) is 0 Å². The van der Waals surface area contributed by atoms with Gasteiger partial charge in [-0.1, -0.05) is 12.1 Å². The van der Waals surface area contributed by atoms with E-state index in [2.05, 4.69) is 17.4 Å². The number of nitrogens with zero attached hydrogens (tertiary/aromatic N) is 1. The molecule has 21 heavy (non-hydrogen) atoms. The topological polar surface area (TPSA) is 73.6 Å². The number of ether oxygens (including phenoxy) is 2. The van der Waals surface area contributed by atoms with Crippen LogP contribution in [0.15, 0.2) is 10.6 Å². The van der Waals surface area contributed by atoms with E-state index >= 15 is 0 Å². The minimum absolute atomic E-state index is 0.0913. The second kappa shape index (κ2) is 5.77. The molecule has 1 aromatic rings. The molecule has 1 N–H and O–H groups in total. The van der Waals surface area contributed by atoms with Gasteiger partial charge in [0.15, 0.2) is 5.79 Å². The monoisotopic (exact) mass is 294 g/mol. The number of carbonyl (C=O) groups is 1. The third kappa shape index (κ3) is 3.27. The minimum Gasteiger partial charge on any atom is -0.351 e. The molecule has 1 spiro atoms. The lowest BCUT2D eigenvalue weighted by Crippen LogP contribution is -2.38. The van der Waals surface area contributed by atoms with Crippen molar-refractivity contribution in [3.8, 4) is 0 Å². The normalized spacial score (nSPS) is 32.5. The molecule has 1 aliphatic carbocycles. The van der Waals surface area contributed by atoms with Crippen LogP contribution in [0, 0.1) is 12.8 Å². The van der Waals surface area contributed by atoms with E-state index in [1.54, 1.807) is 13.0 Å². The van der Waals surface area contributed by atoms with Crippen molar-refractivity contribution in [2.24, 2.45) is 5.92 Å². The van der Waals surface area contributed by atoms with Gasteiger partial charge < -0.3 is 19.3 Å². The van der Waals surface area contributed by atoms with Crippen LogP contribution in [-0.2, 0) is 9.47 Å². The summed E-state index contributed by atoms with van der Waals surface area (Å²) in [6.45, 7) is 5.00. The zero-order valence-corrected chi connectivity index (χ0v) is 12.6. The summed E-state index contributed by atoms with van der Waals surface area (Å²) in [7, 11) is 0. The Labute approximate surface area is 124 Å². The fourth-order valence-corrected chi connectivity index (χ4v) is 2.95. The minimum atomic E-state index is -0.412. The van der Waals surface area contributed by atoms with Gasteiger partial charge in [-0.05, 0) is 25.7 Å². The highest BCUT2D eigenvalue weighted by Crippen LogP contribution is 2.39. The number of carbonyl (C=O) groups excluding carboxylic acids is 1. The molecule has 2 heterocycles. The van der Waals surface area contributed by atoms with Gasteiger partial charge in [-0.3, -0.25) is 4.79 Å². The number of nitrogens with one attached hydrogen (secondary N) is 1. The van der Waals surface area contributed by atoms with Crippen molar-refractivity contribution in [1.82, 2.24) is 10.5 Å². The summed E-state index contributed by atoms with van der Waals surface area (Å²) < 4.78 is 16.9. The van der Waals surface area contributed by atoms with E-state index in [1.807, 2.05) is 0 Å². The van der Waals surface area contributed by atoms with E-state index in [0.29, 0.717) is 18.8 Å². The molecule has 1 saturated heterocycles. The maximum absolute atomic E-state index is 11.9. The van der Waals surface area contributed by atoms with Gasteiger partial charge in [0.25, 0.3) is 5.91 Å². The van der Waals surface area contributed by atoms with E-state index < -0.39 is 5.79 Å². The number of hydrogen-bond acceptors (Lipinski definition) is 5. The molecule has 1 aliphatic heterocycles. The Balaban J connectivity index is 1.48. The van der Waals surface area contributed by atoms with Gasteiger partial charge in [0.1, 0.15) is 6.10 Å². The third-order valence-electron chi connectivity index (χ3n) is 4.29. The Morgan fingerprint density at radius 2 is 2.24 bits per heavy atom. The predicted octanol–water partition coefficient (Wildman–Crippen LogP) is 2.03. The van der Waals surface area contributed by atoms with Crippen LogP contribution in [-0.4, -0.2) is 36.1 Å². The highest BCUT2D eigenvalue weighted by atomic mass is 16.7. The molecule has 1 amide bonds. The van der Waals surface area contributed by atoms with Crippen molar-refractivity contribution in [3.63, 3.8) is 0 Å². The first-order chi connectivity index (χ1) is 10.1. The summed E-state index contributed by atoms with van der Waals surface area (Å²) in [5.41, 5.74) is 0.691. The molecule has 1 atom stereocenters. The van der Waals surface area contributed by atoms with Crippen LogP contribution in [0.1, 0.15) is 48.9 Å². The molecule has 3 rings (SSSR count). The smallest absolute Gasteiger partial charge is 0.289 e. The molecule has 6 nitrogen and oxygen atoms in total. The van der Waals surface area contributed by atoms with Gasteiger partial charge in [0, 0.05) is 25.5 Å². The third-order valence-corrected chi connectivity index (χ3v) is 4.29. The maximum atomic E-state index is 11.9. The molecule has 0 unspecified atom stereocenters. The molecule has 0 radical (unpaired) electrons. The summed E-state index contributed by atoms with van der Waals surface area (Å²) in [4.78, 5) is 11.9. The molecule has 116 valence electrons. The largest absolute Gasteiger partial charge is 0.351 e. The number of hydrogen-bond donors (Lipinski definition) is 1. The van der Waals surface area contributed by atoms with Gasteiger partial charge in [-0.25, -0.2) is 0 Å². The van der Waals surface area contributed by atoms with E-state index in [-0.39, 0.29) is 17.8 Å². The lowest BCUT2D eigenvalue weighted by molar-refractivity contribution is -0.191.